The summed E-state index contributed by atoms with van der Waals surface area (Å²) >= 11 is 0. The van der Waals surface area contributed by atoms with Gasteiger partial charge in [0.25, 0.3) is 0 Å². The molecule has 0 aliphatic rings. The summed E-state index contributed by atoms with van der Waals surface area (Å²) in [5.41, 5.74) is 2.96. The van der Waals surface area contributed by atoms with Crippen LogP contribution in [-0.2, 0) is 0 Å². The lowest BCUT2D eigenvalue weighted by atomic mass is 10.1. The molecule has 1 aromatic heterocycles. The molecule has 0 saturated carbocycles. The van der Waals surface area contributed by atoms with Gasteiger partial charge in [0, 0.05) is 28.8 Å². The normalized spacial score (nSPS) is 15.3. The van der Waals surface area contributed by atoms with E-state index in [4.69, 9.17) is 4.74 Å². The summed E-state index contributed by atoms with van der Waals surface area (Å²) in [4.78, 5) is 6.03. The van der Waals surface area contributed by atoms with Gasteiger partial charge in [-0.1, -0.05) is 62.3 Å². The molecule has 0 bridgehead atoms. The second kappa shape index (κ2) is 7.21. The predicted molar refractivity (Wildman–Crippen MR) is 126 cm³/mol. The maximum Gasteiger partial charge on any atom is 0.120 e. The molecule has 0 aliphatic heterocycles. The number of aromatic nitrogens is 1. The summed E-state index contributed by atoms with van der Waals surface area (Å²) in [7, 11) is 4.19. The molecular formula is C24H42N2OSi. The van der Waals surface area contributed by atoms with Gasteiger partial charge in [0.1, 0.15) is 5.75 Å². The number of ether oxygens (including phenoxy) is 1. The number of benzene rings is 1. The van der Waals surface area contributed by atoms with Crippen LogP contribution in [0.1, 0.15) is 73.5 Å². The largest absolute Gasteiger partial charge is 0.497 e. The van der Waals surface area contributed by atoms with Gasteiger partial charge in [0.15, 0.2) is 0 Å². The van der Waals surface area contributed by atoms with Gasteiger partial charge in [-0.2, -0.15) is 0 Å². The molecule has 2 rings (SSSR count). The molecule has 3 nitrogen and oxygen atoms in total. The summed E-state index contributed by atoms with van der Waals surface area (Å²) in [6, 6.07) is 6.42. The van der Waals surface area contributed by atoms with Crippen LogP contribution in [0.3, 0.4) is 0 Å². The fraction of sp³-hybridized carbons (Fsp3) is 0.667. The third kappa shape index (κ3) is 3.43. The highest BCUT2D eigenvalue weighted by Crippen LogP contribution is 2.67. The maximum atomic E-state index is 5.45. The Kier molecular flexibility index (Phi) is 5.93. The van der Waals surface area contributed by atoms with Gasteiger partial charge in [0.2, 0.25) is 0 Å². The molecule has 0 radical (unpaired) electrons. The first kappa shape index (κ1) is 23.0. The van der Waals surface area contributed by atoms with Gasteiger partial charge in [0.05, 0.1) is 15.2 Å². The van der Waals surface area contributed by atoms with E-state index in [0.29, 0.717) is 5.67 Å². The molecule has 0 fully saturated rings. The SMILES string of the molecule is COc1ccc2c(C(N(C)C)[Si](C(C)(C)C)(C(C)(C)C)C(C)(C)C)c[nH]c2c1. The Labute approximate surface area is 173 Å². The molecular weight excluding hydrogens is 360 g/mol. The minimum absolute atomic E-state index is 0.217. The number of rotatable bonds is 4. The van der Waals surface area contributed by atoms with E-state index in [1.165, 1.54) is 10.9 Å². The number of hydrogen-bond acceptors (Lipinski definition) is 2. The minimum Gasteiger partial charge on any atom is -0.497 e. The lowest BCUT2D eigenvalue weighted by Gasteiger charge is -2.64. The summed E-state index contributed by atoms with van der Waals surface area (Å²) in [5, 5.41) is 1.96. The lowest BCUT2D eigenvalue weighted by molar-refractivity contribution is 0.332. The van der Waals surface area contributed by atoms with Crippen LogP contribution in [0.4, 0.5) is 0 Å². The van der Waals surface area contributed by atoms with Gasteiger partial charge in [-0.25, -0.2) is 0 Å². The lowest BCUT2D eigenvalue weighted by Crippen LogP contribution is -2.65. The van der Waals surface area contributed by atoms with E-state index in [0.717, 1.165) is 11.3 Å². The third-order valence-corrected chi connectivity index (χ3v) is 15.4. The van der Waals surface area contributed by atoms with E-state index in [9.17, 15) is 0 Å². The van der Waals surface area contributed by atoms with Crippen LogP contribution < -0.4 is 4.74 Å². The predicted octanol–water partition coefficient (Wildman–Crippen LogP) is 7.17. The molecule has 0 amide bonds. The molecule has 1 N–H and O–H groups in total. The molecule has 158 valence electrons. The average molecular weight is 403 g/mol. The number of methoxy groups -OCH3 is 1. The molecule has 0 saturated heterocycles. The van der Waals surface area contributed by atoms with E-state index in [-0.39, 0.29) is 15.1 Å². The number of nitrogens with one attached hydrogen (secondary N) is 1. The van der Waals surface area contributed by atoms with Crippen LogP contribution in [-0.4, -0.2) is 39.2 Å². The number of H-pyrrole nitrogens is 1. The van der Waals surface area contributed by atoms with Crippen molar-refractivity contribution in [3.05, 3.63) is 30.0 Å². The maximum absolute atomic E-state index is 5.45. The fourth-order valence-corrected chi connectivity index (χ4v) is 17.7. The van der Waals surface area contributed by atoms with Crippen molar-refractivity contribution in [2.24, 2.45) is 0 Å². The Morgan fingerprint density at radius 3 is 1.79 bits per heavy atom. The second-order valence-electron chi connectivity index (χ2n) is 11.6. The van der Waals surface area contributed by atoms with Crippen LogP contribution >= 0.6 is 0 Å². The van der Waals surface area contributed by atoms with Crippen molar-refractivity contribution in [3.63, 3.8) is 0 Å². The molecule has 0 spiro atoms. The smallest absolute Gasteiger partial charge is 0.120 e. The number of fused-ring (bicyclic) bond motifs is 1. The monoisotopic (exact) mass is 402 g/mol. The van der Waals surface area contributed by atoms with Crippen molar-refractivity contribution in [3.8, 4) is 5.75 Å². The van der Waals surface area contributed by atoms with E-state index in [2.05, 4.69) is 111 Å². The van der Waals surface area contributed by atoms with Crippen molar-refractivity contribution in [1.29, 1.82) is 0 Å². The van der Waals surface area contributed by atoms with E-state index in [1.807, 2.05) is 0 Å². The first-order chi connectivity index (χ1) is 12.6. The Balaban J connectivity index is 2.92. The molecule has 1 unspecified atom stereocenters. The van der Waals surface area contributed by atoms with Crippen LogP contribution in [0.25, 0.3) is 10.9 Å². The molecule has 1 aromatic carbocycles. The first-order valence-electron chi connectivity index (χ1n) is 10.4. The topological polar surface area (TPSA) is 28.3 Å². The number of hydrogen-bond donors (Lipinski definition) is 1. The van der Waals surface area contributed by atoms with E-state index in [1.54, 1.807) is 7.11 Å². The van der Waals surface area contributed by atoms with Crippen molar-refractivity contribution in [2.75, 3.05) is 21.2 Å². The number of nitrogens with zero attached hydrogens (tertiary/aromatic N) is 1. The van der Waals surface area contributed by atoms with E-state index < -0.39 is 8.07 Å². The highest BCUT2D eigenvalue weighted by molar-refractivity contribution is 6.88. The Hall–Kier alpha value is -1.26. The number of aromatic amines is 1. The molecule has 1 heterocycles. The molecule has 1 atom stereocenters. The zero-order valence-electron chi connectivity index (χ0n) is 20.2. The van der Waals surface area contributed by atoms with Crippen LogP contribution in [0, 0.1) is 0 Å². The Morgan fingerprint density at radius 1 is 0.893 bits per heavy atom. The highest BCUT2D eigenvalue weighted by atomic mass is 28.3. The minimum atomic E-state index is -2.06. The van der Waals surface area contributed by atoms with Crippen molar-refractivity contribution in [2.45, 2.75) is 83.1 Å². The quantitative estimate of drug-likeness (QED) is 0.549. The van der Waals surface area contributed by atoms with Crippen molar-refractivity contribution < 1.29 is 4.74 Å². The van der Waals surface area contributed by atoms with Crippen LogP contribution in [0.5, 0.6) is 5.75 Å². The third-order valence-electron chi connectivity index (χ3n) is 6.69. The van der Waals surface area contributed by atoms with Crippen LogP contribution in [0.2, 0.25) is 15.1 Å². The first-order valence-corrected chi connectivity index (χ1v) is 12.5. The standard InChI is InChI=1S/C24H42N2OSi/c1-22(2,3)28(23(4,5)6,24(7,8)9)21(26(10)11)19-16-25-20-15-17(27-12)13-14-18(19)20/h13-16,21,25H,1-12H3. The second-order valence-corrected chi connectivity index (χ2v) is 18.2. The highest BCUT2D eigenvalue weighted by Gasteiger charge is 2.64. The molecule has 0 aliphatic carbocycles. The van der Waals surface area contributed by atoms with Gasteiger partial charge in [-0.15, -0.1) is 0 Å². The van der Waals surface area contributed by atoms with E-state index >= 15 is 0 Å². The fourth-order valence-electron chi connectivity index (χ4n) is 6.99. The summed E-state index contributed by atoms with van der Waals surface area (Å²) < 4.78 is 5.45. The van der Waals surface area contributed by atoms with Crippen molar-refractivity contribution in [1.82, 2.24) is 9.88 Å². The van der Waals surface area contributed by atoms with Gasteiger partial charge >= 0.3 is 0 Å². The summed E-state index contributed by atoms with van der Waals surface area (Å²) in [6.07, 6.45) is 2.25. The molecule has 4 heteroatoms. The summed E-state index contributed by atoms with van der Waals surface area (Å²) in [6.45, 7) is 22.3. The van der Waals surface area contributed by atoms with Gasteiger partial charge in [-0.05, 0) is 46.9 Å². The van der Waals surface area contributed by atoms with Gasteiger partial charge < -0.3 is 14.6 Å². The Bertz CT molecular complexity index is 780. The molecule has 2 aromatic rings. The summed E-state index contributed by atoms with van der Waals surface area (Å²) in [5.74, 6) is 0.897. The zero-order valence-corrected chi connectivity index (χ0v) is 21.2. The van der Waals surface area contributed by atoms with Gasteiger partial charge in [-0.3, -0.25) is 0 Å². The van der Waals surface area contributed by atoms with Crippen molar-refractivity contribution >= 4 is 19.0 Å². The Morgan fingerprint density at radius 2 is 1.39 bits per heavy atom. The molecule has 28 heavy (non-hydrogen) atoms. The van der Waals surface area contributed by atoms with Crippen LogP contribution in [0.15, 0.2) is 24.4 Å². The average Bonchev–Trinajstić information content (AvgIpc) is 2.90. The zero-order chi connectivity index (χ0) is 21.7.